The molecule has 1 N–H and O–H groups in total. The molecule has 1 aliphatic heterocycles. The van der Waals surface area contributed by atoms with Crippen molar-refractivity contribution < 1.29 is 9.53 Å². The van der Waals surface area contributed by atoms with Gasteiger partial charge in [0.05, 0.1) is 12.1 Å². The average Bonchev–Trinajstić information content (AvgIpc) is 2.75. The quantitative estimate of drug-likeness (QED) is 0.526. The lowest BCUT2D eigenvalue weighted by atomic mass is 9.83. The second-order valence-electron chi connectivity index (χ2n) is 9.47. The minimum atomic E-state index is -0.525. The van der Waals surface area contributed by atoms with Gasteiger partial charge in [0.2, 0.25) is 0 Å². The van der Waals surface area contributed by atoms with Crippen LogP contribution in [0.5, 0.6) is 0 Å². The van der Waals surface area contributed by atoms with Crippen LogP contribution in [0.4, 0.5) is 4.79 Å². The molecule has 1 fully saturated rings. The van der Waals surface area contributed by atoms with Crippen LogP contribution in [0.1, 0.15) is 49.5 Å². The molecule has 1 amide bonds. The number of hydrogen-bond acceptors (Lipinski definition) is 3. The first-order valence-corrected chi connectivity index (χ1v) is 11.3. The number of amides is 1. The minimum Gasteiger partial charge on any atom is -0.444 e. The monoisotopic (exact) mass is 428 g/mol. The van der Waals surface area contributed by atoms with Crippen LogP contribution >= 0.6 is 0 Å². The SMILES string of the molecule is CC(C)(C)OC(=O)NC(c1ccccc1)C1CN(C(c2ccccc2)c2ccccc2)C1. The first kappa shape index (κ1) is 22.1. The van der Waals surface area contributed by atoms with Gasteiger partial charge in [-0.3, -0.25) is 4.90 Å². The van der Waals surface area contributed by atoms with Crippen LogP contribution in [0.15, 0.2) is 91.0 Å². The van der Waals surface area contributed by atoms with Gasteiger partial charge in [0.25, 0.3) is 0 Å². The largest absolute Gasteiger partial charge is 0.444 e. The maximum atomic E-state index is 12.6. The number of ether oxygens (including phenoxy) is 1. The summed E-state index contributed by atoms with van der Waals surface area (Å²) in [6, 6.07) is 31.6. The van der Waals surface area contributed by atoms with Crippen molar-refractivity contribution in [1.29, 1.82) is 0 Å². The molecule has 32 heavy (non-hydrogen) atoms. The van der Waals surface area contributed by atoms with Gasteiger partial charge in [-0.15, -0.1) is 0 Å². The molecule has 0 aromatic heterocycles. The smallest absolute Gasteiger partial charge is 0.408 e. The first-order valence-electron chi connectivity index (χ1n) is 11.3. The maximum Gasteiger partial charge on any atom is 0.408 e. The van der Waals surface area contributed by atoms with Crippen LogP contribution in [0.2, 0.25) is 0 Å². The Morgan fingerprint density at radius 3 is 1.69 bits per heavy atom. The molecule has 0 radical (unpaired) electrons. The summed E-state index contributed by atoms with van der Waals surface area (Å²) in [7, 11) is 0. The fourth-order valence-electron chi connectivity index (χ4n) is 4.42. The summed E-state index contributed by atoms with van der Waals surface area (Å²) in [5, 5.41) is 3.14. The van der Waals surface area contributed by atoms with Crippen LogP contribution in [0.25, 0.3) is 0 Å². The van der Waals surface area contributed by atoms with Crippen molar-refractivity contribution in [2.75, 3.05) is 13.1 Å². The van der Waals surface area contributed by atoms with E-state index < -0.39 is 5.60 Å². The predicted octanol–water partition coefficient (Wildman–Crippen LogP) is 5.97. The Bertz CT molecular complexity index is 954. The summed E-state index contributed by atoms with van der Waals surface area (Å²) in [5.74, 6) is 0.305. The molecule has 4 rings (SSSR count). The lowest BCUT2D eigenvalue weighted by Gasteiger charge is -2.48. The van der Waals surface area contributed by atoms with E-state index in [2.05, 4.69) is 83.0 Å². The standard InChI is InChI=1S/C28H32N2O2/c1-28(2,3)32-27(31)29-25(21-13-7-4-8-14-21)24-19-30(20-24)26(22-15-9-5-10-16-22)23-17-11-6-12-18-23/h4-18,24-26H,19-20H2,1-3H3,(H,29,31). The molecule has 1 aliphatic rings. The second kappa shape index (κ2) is 9.58. The van der Waals surface area contributed by atoms with E-state index in [0.717, 1.165) is 18.7 Å². The Morgan fingerprint density at radius 1 is 0.812 bits per heavy atom. The fourth-order valence-corrected chi connectivity index (χ4v) is 4.42. The number of rotatable bonds is 6. The Hall–Kier alpha value is -3.11. The van der Waals surface area contributed by atoms with E-state index >= 15 is 0 Å². The van der Waals surface area contributed by atoms with Gasteiger partial charge in [0.1, 0.15) is 5.60 Å². The van der Waals surface area contributed by atoms with Crippen molar-refractivity contribution >= 4 is 6.09 Å². The highest BCUT2D eigenvalue weighted by molar-refractivity contribution is 5.68. The van der Waals surface area contributed by atoms with Gasteiger partial charge in [-0.25, -0.2) is 4.79 Å². The molecule has 1 saturated heterocycles. The molecule has 0 bridgehead atoms. The number of carbonyl (C=O) groups excluding carboxylic acids is 1. The summed E-state index contributed by atoms with van der Waals surface area (Å²) < 4.78 is 5.56. The van der Waals surface area contributed by atoms with Crippen molar-refractivity contribution in [3.8, 4) is 0 Å². The van der Waals surface area contributed by atoms with E-state index in [4.69, 9.17) is 4.74 Å². The summed E-state index contributed by atoms with van der Waals surface area (Å²) in [6.07, 6.45) is -0.368. The van der Waals surface area contributed by atoms with Crippen molar-refractivity contribution in [3.05, 3.63) is 108 Å². The molecule has 3 aromatic carbocycles. The molecule has 0 aliphatic carbocycles. The van der Waals surface area contributed by atoms with Crippen molar-refractivity contribution in [3.63, 3.8) is 0 Å². The molecule has 0 spiro atoms. The zero-order valence-corrected chi connectivity index (χ0v) is 19.1. The third-order valence-electron chi connectivity index (χ3n) is 5.84. The van der Waals surface area contributed by atoms with E-state index in [1.54, 1.807) is 0 Å². The second-order valence-corrected chi connectivity index (χ2v) is 9.47. The minimum absolute atomic E-state index is 0.0884. The molecule has 1 heterocycles. The molecule has 3 aromatic rings. The van der Waals surface area contributed by atoms with Gasteiger partial charge in [0.15, 0.2) is 0 Å². The molecule has 0 saturated carbocycles. The third kappa shape index (κ3) is 5.38. The van der Waals surface area contributed by atoms with Gasteiger partial charge < -0.3 is 10.1 Å². The Labute approximate surface area is 191 Å². The predicted molar refractivity (Wildman–Crippen MR) is 128 cm³/mol. The number of carbonyl (C=O) groups is 1. The van der Waals surface area contributed by atoms with E-state index in [9.17, 15) is 4.79 Å². The topological polar surface area (TPSA) is 41.6 Å². The summed E-state index contributed by atoms with van der Waals surface area (Å²) in [6.45, 7) is 7.45. The van der Waals surface area contributed by atoms with Crippen LogP contribution in [0.3, 0.4) is 0 Å². The number of likely N-dealkylation sites (tertiary alicyclic amines) is 1. The van der Waals surface area contributed by atoms with Gasteiger partial charge in [-0.05, 0) is 37.5 Å². The number of nitrogens with one attached hydrogen (secondary N) is 1. The number of benzene rings is 3. The van der Waals surface area contributed by atoms with E-state index in [0.29, 0.717) is 5.92 Å². The first-order chi connectivity index (χ1) is 15.4. The molecule has 166 valence electrons. The van der Waals surface area contributed by atoms with E-state index in [1.165, 1.54) is 11.1 Å². The van der Waals surface area contributed by atoms with Crippen molar-refractivity contribution in [1.82, 2.24) is 10.2 Å². The Kier molecular flexibility index (Phi) is 6.61. The van der Waals surface area contributed by atoms with Crippen LogP contribution in [-0.2, 0) is 4.74 Å². The Morgan fingerprint density at radius 2 is 1.25 bits per heavy atom. The highest BCUT2D eigenvalue weighted by atomic mass is 16.6. The van der Waals surface area contributed by atoms with Crippen LogP contribution < -0.4 is 5.32 Å². The molecule has 1 atom stereocenters. The van der Waals surface area contributed by atoms with E-state index in [-0.39, 0.29) is 18.2 Å². The van der Waals surface area contributed by atoms with Crippen molar-refractivity contribution in [2.24, 2.45) is 5.92 Å². The van der Waals surface area contributed by atoms with Gasteiger partial charge in [-0.2, -0.15) is 0 Å². The lowest BCUT2D eigenvalue weighted by molar-refractivity contribution is 0.0256. The van der Waals surface area contributed by atoms with Gasteiger partial charge >= 0.3 is 6.09 Å². The molecule has 4 nitrogen and oxygen atoms in total. The van der Waals surface area contributed by atoms with E-state index in [1.807, 2.05) is 39.0 Å². The van der Waals surface area contributed by atoms with Crippen LogP contribution in [-0.4, -0.2) is 29.7 Å². The zero-order valence-electron chi connectivity index (χ0n) is 19.1. The summed E-state index contributed by atoms with van der Waals surface area (Å²) in [5.41, 5.74) is 3.16. The van der Waals surface area contributed by atoms with Gasteiger partial charge in [0, 0.05) is 19.0 Å². The van der Waals surface area contributed by atoms with Gasteiger partial charge in [-0.1, -0.05) is 91.0 Å². The third-order valence-corrected chi connectivity index (χ3v) is 5.84. The lowest BCUT2D eigenvalue weighted by Crippen LogP contribution is -2.54. The molecule has 4 heteroatoms. The zero-order chi connectivity index (χ0) is 22.6. The average molecular weight is 429 g/mol. The number of alkyl carbamates (subject to hydrolysis) is 1. The fraction of sp³-hybridized carbons (Fsp3) is 0.321. The normalized spacial score (nSPS) is 15.8. The maximum absolute atomic E-state index is 12.6. The molecular weight excluding hydrogens is 396 g/mol. The summed E-state index contributed by atoms with van der Waals surface area (Å²) >= 11 is 0. The van der Waals surface area contributed by atoms with Crippen LogP contribution in [0, 0.1) is 5.92 Å². The van der Waals surface area contributed by atoms with Crippen molar-refractivity contribution in [2.45, 2.75) is 38.5 Å². The Balaban J connectivity index is 1.53. The number of nitrogens with zero attached hydrogens (tertiary/aromatic N) is 1. The molecule has 1 unspecified atom stereocenters. The summed E-state index contributed by atoms with van der Waals surface area (Å²) in [4.78, 5) is 15.1. The molecular formula is C28H32N2O2. The highest BCUT2D eigenvalue weighted by Gasteiger charge is 2.39. The number of hydrogen-bond donors (Lipinski definition) is 1. The highest BCUT2D eigenvalue weighted by Crippen LogP contribution is 2.38.